The minimum absolute atomic E-state index is 0.531. The quantitative estimate of drug-likeness (QED) is 0.145. The maximum absolute atomic E-state index is 6.40. The number of benzene rings is 3. The van der Waals surface area contributed by atoms with Gasteiger partial charge in [0.05, 0.1) is 12.3 Å². The van der Waals surface area contributed by atoms with E-state index in [1.807, 2.05) is 6.07 Å². The molecule has 180 valence electrons. The lowest BCUT2D eigenvalue weighted by Gasteiger charge is -2.28. The molecule has 1 aliphatic heterocycles. The lowest BCUT2D eigenvalue weighted by molar-refractivity contribution is -0.400. The van der Waals surface area contributed by atoms with Crippen LogP contribution in [0.15, 0.2) is 77.4 Å². The van der Waals surface area contributed by atoms with Gasteiger partial charge >= 0.3 is 5.71 Å². The van der Waals surface area contributed by atoms with Crippen molar-refractivity contribution in [1.29, 1.82) is 0 Å². The molecular weight excluding hydrogens is 440 g/mol. The van der Waals surface area contributed by atoms with Gasteiger partial charge < -0.3 is 0 Å². The van der Waals surface area contributed by atoms with Gasteiger partial charge in [0.25, 0.3) is 5.58 Å². The third kappa shape index (κ3) is 3.71. The number of pyridine rings is 1. The van der Waals surface area contributed by atoms with Gasteiger partial charge in [-0.15, -0.1) is 12.1 Å². The zero-order chi connectivity index (χ0) is 25.0. The lowest BCUT2D eigenvalue weighted by atomic mass is 9.84. The molecule has 5 aromatic rings. The molecule has 0 atom stereocenters. The molecule has 0 spiro atoms. The Kier molecular flexibility index (Phi) is 5.44. The van der Waals surface area contributed by atoms with Crippen LogP contribution in [0.2, 0.25) is 0 Å². The van der Waals surface area contributed by atoms with Crippen LogP contribution in [-0.2, 0) is 6.42 Å². The lowest BCUT2D eigenvalue weighted by Crippen LogP contribution is -2.19. The van der Waals surface area contributed by atoms with Crippen LogP contribution in [0, 0.1) is 17.9 Å². The normalized spacial score (nSPS) is 13.9. The largest absolute Gasteiger partial charge is 0.377 e. The molecule has 0 N–H and O–H groups in total. The van der Waals surface area contributed by atoms with Crippen molar-refractivity contribution >= 4 is 50.8 Å². The summed E-state index contributed by atoms with van der Waals surface area (Å²) in [5.41, 5.74) is 7.73. The first kappa shape index (κ1) is 22.6. The number of allylic oxidation sites excluding steroid dienone is 1. The molecule has 6 rings (SSSR count). The SMILES string of the molecule is C=[N+]1c2ccc3ccccc3c2C(CC(C)C)=C[C-]1c1cc(CC(C)C)cc2c1[o+][c-]1ncccc21. The maximum atomic E-state index is 6.40. The molecule has 1 aliphatic rings. The van der Waals surface area contributed by atoms with Crippen molar-refractivity contribution in [2.75, 3.05) is 0 Å². The molecule has 0 bridgehead atoms. The minimum atomic E-state index is 0.531. The highest BCUT2D eigenvalue weighted by Gasteiger charge is 2.32. The van der Waals surface area contributed by atoms with E-state index in [0.717, 1.165) is 46.5 Å². The second-order valence-electron chi connectivity index (χ2n) is 10.8. The van der Waals surface area contributed by atoms with E-state index >= 15 is 0 Å². The average Bonchev–Trinajstić information content (AvgIpc) is 3.23. The number of hydrogen-bond acceptors (Lipinski definition) is 1. The predicted octanol–water partition coefficient (Wildman–Crippen LogP) is 8.70. The van der Waals surface area contributed by atoms with Gasteiger partial charge in [0.15, 0.2) is 11.7 Å². The standard InChI is InChI=1S/C33H32N2O/c1-20(2)15-22-17-27-26-11-8-14-34-33(26)36-32(27)28(18-22)30-19-24(16-21(3)4)31-25-10-7-6-9-23(25)12-13-29(31)35(30)5/h6-14,17-21H,5,15-16H2,1-4H3. The summed E-state index contributed by atoms with van der Waals surface area (Å²) in [4.78, 5) is 4.52. The first-order chi connectivity index (χ1) is 17.4. The van der Waals surface area contributed by atoms with Gasteiger partial charge in [-0.1, -0.05) is 81.3 Å². The van der Waals surface area contributed by atoms with Crippen molar-refractivity contribution < 1.29 is 8.99 Å². The molecule has 3 heteroatoms. The molecular formula is C33H32N2O. The van der Waals surface area contributed by atoms with Crippen molar-refractivity contribution in [3.05, 3.63) is 95.7 Å². The van der Waals surface area contributed by atoms with Crippen LogP contribution in [0.3, 0.4) is 0 Å². The smallest absolute Gasteiger partial charge is 0.268 e. The summed E-state index contributed by atoms with van der Waals surface area (Å²) in [5, 5.41) is 4.72. The van der Waals surface area contributed by atoms with E-state index in [0.29, 0.717) is 17.5 Å². The van der Waals surface area contributed by atoms with Crippen LogP contribution in [0.5, 0.6) is 0 Å². The Labute approximate surface area is 212 Å². The van der Waals surface area contributed by atoms with Gasteiger partial charge in [-0.05, 0) is 59.2 Å². The monoisotopic (exact) mass is 472 g/mol. The summed E-state index contributed by atoms with van der Waals surface area (Å²) in [6.07, 6.45) is 6.14. The molecule has 0 radical (unpaired) electrons. The van der Waals surface area contributed by atoms with E-state index in [9.17, 15) is 0 Å². The summed E-state index contributed by atoms with van der Waals surface area (Å²) < 4.78 is 8.50. The molecule has 0 aliphatic carbocycles. The van der Waals surface area contributed by atoms with Crippen LogP contribution >= 0.6 is 0 Å². The van der Waals surface area contributed by atoms with E-state index in [4.69, 9.17) is 4.42 Å². The maximum Gasteiger partial charge on any atom is 0.377 e. The summed E-state index contributed by atoms with van der Waals surface area (Å²) in [5.74, 6) is 1.08. The van der Waals surface area contributed by atoms with E-state index in [-0.39, 0.29) is 0 Å². The Morgan fingerprint density at radius 3 is 2.53 bits per heavy atom. The van der Waals surface area contributed by atoms with E-state index in [1.54, 1.807) is 6.20 Å². The Bertz CT molecular complexity index is 1670. The van der Waals surface area contributed by atoms with Crippen molar-refractivity contribution in [3.63, 3.8) is 0 Å². The molecule has 36 heavy (non-hydrogen) atoms. The highest BCUT2D eigenvalue weighted by atomic mass is 16.3. The van der Waals surface area contributed by atoms with E-state index in [2.05, 4.69) is 105 Å². The van der Waals surface area contributed by atoms with Gasteiger partial charge in [0, 0.05) is 10.9 Å². The number of fused-ring (bicyclic) bond motifs is 6. The fourth-order valence-electron chi connectivity index (χ4n) is 5.64. The molecule has 0 amide bonds. The second-order valence-corrected chi connectivity index (χ2v) is 10.8. The highest BCUT2D eigenvalue weighted by molar-refractivity contribution is 6.06. The number of hydrogen-bond donors (Lipinski definition) is 0. The zero-order valence-electron chi connectivity index (χ0n) is 21.5. The van der Waals surface area contributed by atoms with Crippen LogP contribution in [-0.4, -0.2) is 16.3 Å². The van der Waals surface area contributed by atoms with Crippen molar-refractivity contribution in [3.8, 4) is 0 Å². The van der Waals surface area contributed by atoms with Crippen molar-refractivity contribution in [1.82, 2.24) is 4.98 Å². The number of aromatic nitrogens is 1. The molecule has 3 nitrogen and oxygen atoms in total. The first-order valence-electron chi connectivity index (χ1n) is 12.9. The van der Waals surface area contributed by atoms with Crippen LogP contribution in [0.4, 0.5) is 5.69 Å². The van der Waals surface area contributed by atoms with Crippen LogP contribution in [0.1, 0.15) is 50.8 Å². The number of nitrogens with zero attached hydrogens (tertiary/aromatic N) is 2. The van der Waals surface area contributed by atoms with Gasteiger partial charge in [-0.2, -0.15) is 0 Å². The van der Waals surface area contributed by atoms with E-state index in [1.165, 1.54) is 27.5 Å². The van der Waals surface area contributed by atoms with Crippen LogP contribution in [0.25, 0.3) is 38.4 Å². The highest BCUT2D eigenvalue weighted by Crippen LogP contribution is 2.46. The molecule has 3 aromatic carbocycles. The predicted molar refractivity (Wildman–Crippen MR) is 151 cm³/mol. The average molecular weight is 473 g/mol. The molecule has 0 unspecified atom stereocenters. The minimum Gasteiger partial charge on any atom is -0.268 e. The zero-order valence-corrected chi connectivity index (χ0v) is 21.5. The topological polar surface area (TPSA) is 27.2 Å². The summed E-state index contributed by atoms with van der Waals surface area (Å²) in [6, 6.07) is 22.8. The summed E-state index contributed by atoms with van der Waals surface area (Å²) >= 11 is 0. The van der Waals surface area contributed by atoms with Gasteiger partial charge in [0.1, 0.15) is 0 Å². The molecule has 2 aromatic heterocycles. The Balaban J connectivity index is 1.62. The molecule has 0 fully saturated rings. The fraction of sp³-hybridized carbons (Fsp3) is 0.242. The van der Waals surface area contributed by atoms with Crippen LogP contribution < -0.4 is 0 Å². The van der Waals surface area contributed by atoms with Gasteiger partial charge in [-0.25, -0.2) is 9.56 Å². The summed E-state index contributed by atoms with van der Waals surface area (Å²) in [6.45, 7) is 13.7. The Morgan fingerprint density at radius 1 is 0.917 bits per heavy atom. The molecule has 3 heterocycles. The summed E-state index contributed by atoms with van der Waals surface area (Å²) in [7, 11) is 0. The fourth-order valence-corrected chi connectivity index (χ4v) is 5.64. The molecule has 0 saturated carbocycles. The third-order valence-corrected chi connectivity index (χ3v) is 7.08. The Morgan fingerprint density at radius 2 is 1.72 bits per heavy atom. The van der Waals surface area contributed by atoms with Crippen molar-refractivity contribution in [2.45, 2.75) is 40.5 Å². The number of furan rings is 1. The Hall–Kier alpha value is -3.85. The molecule has 0 saturated heterocycles. The van der Waals surface area contributed by atoms with Gasteiger partial charge in [-0.3, -0.25) is 4.42 Å². The van der Waals surface area contributed by atoms with Crippen molar-refractivity contribution in [2.24, 2.45) is 11.8 Å². The second kappa shape index (κ2) is 8.67. The third-order valence-electron chi connectivity index (χ3n) is 7.08. The van der Waals surface area contributed by atoms with Gasteiger partial charge in [0.2, 0.25) is 0 Å². The number of rotatable bonds is 5. The first-order valence-corrected chi connectivity index (χ1v) is 12.9. The van der Waals surface area contributed by atoms with E-state index < -0.39 is 0 Å².